The van der Waals surface area contributed by atoms with Gasteiger partial charge in [-0.15, -0.1) is 5.11 Å². The minimum Gasteiger partial charge on any atom is -0.507 e. The van der Waals surface area contributed by atoms with Crippen LogP contribution >= 0.6 is 11.8 Å². The summed E-state index contributed by atoms with van der Waals surface area (Å²) in [5.74, 6) is -0.929. The highest BCUT2D eigenvalue weighted by molar-refractivity contribution is 8.18. The van der Waals surface area contributed by atoms with Crippen LogP contribution in [0.25, 0.3) is 16.8 Å². The van der Waals surface area contributed by atoms with Gasteiger partial charge in [0.1, 0.15) is 11.6 Å². The largest absolute Gasteiger partial charge is 0.507 e. The van der Waals surface area contributed by atoms with Crippen molar-refractivity contribution >= 4 is 51.1 Å². The Labute approximate surface area is 204 Å². The van der Waals surface area contributed by atoms with Crippen molar-refractivity contribution in [3.63, 3.8) is 0 Å². The summed E-state index contributed by atoms with van der Waals surface area (Å²) >= 11 is 0.785. The van der Waals surface area contributed by atoms with Gasteiger partial charge in [-0.05, 0) is 65.2 Å². The first-order valence-electron chi connectivity index (χ1n) is 10.7. The molecule has 0 aromatic heterocycles. The second-order valence-electron chi connectivity index (χ2n) is 7.84. The van der Waals surface area contributed by atoms with E-state index in [4.69, 9.17) is 0 Å². The molecule has 0 saturated carbocycles. The number of thioether (sulfide) groups is 1. The topological polar surface area (TPSA) is 82.3 Å². The molecule has 1 aliphatic heterocycles. The van der Waals surface area contributed by atoms with Crippen molar-refractivity contribution in [2.24, 2.45) is 10.2 Å². The molecular formula is C27H18FN3O3S. The van der Waals surface area contributed by atoms with Gasteiger partial charge in [0.2, 0.25) is 0 Å². The monoisotopic (exact) mass is 483 g/mol. The van der Waals surface area contributed by atoms with Gasteiger partial charge in [0.05, 0.1) is 22.8 Å². The second-order valence-corrected chi connectivity index (χ2v) is 8.83. The lowest BCUT2D eigenvalue weighted by atomic mass is 10.1. The smallest absolute Gasteiger partial charge is 0.293 e. The van der Waals surface area contributed by atoms with Crippen LogP contribution in [0.15, 0.2) is 100 Å². The Morgan fingerprint density at radius 2 is 1.69 bits per heavy atom. The molecule has 1 N–H and O–H groups in total. The summed E-state index contributed by atoms with van der Waals surface area (Å²) in [4.78, 5) is 26.5. The summed E-state index contributed by atoms with van der Waals surface area (Å²) in [6.07, 6.45) is 1.46. The maximum Gasteiger partial charge on any atom is 0.293 e. The first-order valence-corrected chi connectivity index (χ1v) is 11.5. The number of fused-ring (bicyclic) bond motifs is 1. The van der Waals surface area contributed by atoms with E-state index in [0.29, 0.717) is 22.5 Å². The highest BCUT2D eigenvalue weighted by Gasteiger charge is 2.35. The number of hydrogen-bond donors (Lipinski definition) is 1. The zero-order valence-electron chi connectivity index (χ0n) is 18.3. The van der Waals surface area contributed by atoms with Crippen LogP contribution < -0.4 is 0 Å². The van der Waals surface area contributed by atoms with Crippen LogP contribution in [0, 0.1) is 5.82 Å². The number of benzene rings is 4. The molecule has 2 amide bonds. The summed E-state index contributed by atoms with van der Waals surface area (Å²) in [5.41, 5.74) is 2.16. The molecule has 1 saturated heterocycles. The molecule has 0 aliphatic carbocycles. The third-order valence-electron chi connectivity index (χ3n) is 5.47. The van der Waals surface area contributed by atoms with Crippen molar-refractivity contribution in [3.05, 3.63) is 107 Å². The molecule has 1 fully saturated rings. The van der Waals surface area contributed by atoms with Gasteiger partial charge in [-0.2, -0.15) is 5.11 Å². The quantitative estimate of drug-likeness (QED) is 0.238. The Morgan fingerprint density at radius 1 is 0.914 bits per heavy atom. The van der Waals surface area contributed by atoms with Crippen LogP contribution in [0.5, 0.6) is 5.75 Å². The minimum absolute atomic E-state index is 0.0353. The molecule has 0 spiro atoms. The van der Waals surface area contributed by atoms with Gasteiger partial charge in [-0.25, -0.2) is 4.39 Å². The van der Waals surface area contributed by atoms with E-state index in [1.54, 1.807) is 12.1 Å². The number of phenols is 1. The van der Waals surface area contributed by atoms with Gasteiger partial charge < -0.3 is 5.11 Å². The Hall–Kier alpha value is -4.30. The molecule has 0 unspecified atom stereocenters. The zero-order chi connectivity index (χ0) is 24.4. The first-order chi connectivity index (χ1) is 17.0. The predicted molar refractivity (Wildman–Crippen MR) is 134 cm³/mol. The van der Waals surface area contributed by atoms with E-state index in [1.807, 2.05) is 42.5 Å². The van der Waals surface area contributed by atoms with Crippen LogP contribution in [0.1, 0.15) is 11.1 Å². The molecule has 0 bridgehead atoms. The number of nitrogens with zero attached hydrogens (tertiary/aromatic N) is 3. The first kappa shape index (κ1) is 22.5. The molecular weight excluding hydrogens is 465 g/mol. The number of amides is 2. The average molecular weight is 484 g/mol. The van der Waals surface area contributed by atoms with E-state index in [0.717, 1.165) is 27.4 Å². The minimum atomic E-state index is -0.480. The van der Waals surface area contributed by atoms with Gasteiger partial charge in [-0.3, -0.25) is 14.5 Å². The Bertz CT molecular complexity index is 1510. The molecule has 1 heterocycles. The number of rotatable bonds is 5. The number of halogens is 1. The molecule has 6 nitrogen and oxygen atoms in total. The van der Waals surface area contributed by atoms with E-state index >= 15 is 0 Å². The maximum absolute atomic E-state index is 13.1. The van der Waals surface area contributed by atoms with Crippen molar-refractivity contribution < 1.29 is 19.1 Å². The van der Waals surface area contributed by atoms with Crippen molar-refractivity contribution in [2.45, 2.75) is 6.54 Å². The highest BCUT2D eigenvalue weighted by atomic mass is 32.2. The van der Waals surface area contributed by atoms with Gasteiger partial charge >= 0.3 is 0 Å². The third-order valence-corrected chi connectivity index (χ3v) is 6.37. The number of phenolic OH excluding ortho intramolecular Hbond substituents is 1. The van der Waals surface area contributed by atoms with Crippen LogP contribution in [0.4, 0.5) is 20.6 Å². The highest BCUT2D eigenvalue weighted by Crippen LogP contribution is 2.36. The Kier molecular flexibility index (Phi) is 6.12. The van der Waals surface area contributed by atoms with Crippen LogP contribution in [-0.4, -0.2) is 21.2 Å². The average Bonchev–Trinajstić information content (AvgIpc) is 3.13. The summed E-state index contributed by atoms with van der Waals surface area (Å²) in [7, 11) is 0. The fourth-order valence-corrected chi connectivity index (χ4v) is 4.51. The van der Waals surface area contributed by atoms with Gasteiger partial charge in [0, 0.05) is 10.9 Å². The SMILES string of the molecule is O=C1S/C(=C\c2cc(N=Nc3cccc4ccccc34)ccc2O)C(=O)N1Cc1ccc(F)cc1. The maximum atomic E-state index is 13.1. The number of carbonyl (C=O) groups is 2. The van der Waals surface area contributed by atoms with Crippen LogP contribution in [0.2, 0.25) is 0 Å². The molecule has 172 valence electrons. The summed E-state index contributed by atoms with van der Waals surface area (Å²) in [6, 6.07) is 23.9. The second kappa shape index (κ2) is 9.52. The lowest BCUT2D eigenvalue weighted by Crippen LogP contribution is -2.27. The van der Waals surface area contributed by atoms with Gasteiger partial charge in [0.25, 0.3) is 11.1 Å². The van der Waals surface area contributed by atoms with Gasteiger partial charge in [0.15, 0.2) is 0 Å². The predicted octanol–water partition coefficient (Wildman–Crippen LogP) is 7.34. The van der Waals surface area contributed by atoms with Crippen LogP contribution in [-0.2, 0) is 11.3 Å². The van der Waals surface area contributed by atoms with Gasteiger partial charge in [-0.1, -0.05) is 48.5 Å². The number of aromatic hydroxyl groups is 1. The molecule has 0 radical (unpaired) electrons. The fourth-order valence-electron chi connectivity index (χ4n) is 3.68. The van der Waals surface area contributed by atoms with E-state index in [9.17, 15) is 19.1 Å². The van der Waals surface area contributed by atoms with Crippen LogP contribution in [0.3, 0.4) is 0 Å². The summed E-state index contributed by atoms with van der Waals surface area (Å²) < 4.78 is 13.1. The summed E-state index contributed by atoms with van der Waals surface area (Å²) in [6.45, 7) is 0.0353. The Morgan fingerprint density at radius 3 is 2.51 bits per heavy atom. The van der Waals surface area contributed by atoms with E-state index in [1.165, 1.54) is 36.4 Å². The van der Waals surface area contributed by atoms with E-state index < -0.39 is 17.0 Å². The molecule has 0 atom stereocenters. The number of carbonyl (C=O) groups excluding carboxylic acids is 2. The molecule has 8 heteroatoms. The van der Waals surface area contributed by atoms with E-state index in [-0.39, 0.29) is 17.2 Å². The fraction of sp³-hybridized carbons (Fsp3) is 0.0370. The number of hydrogen-bond acceptors (Lipinski definition) is 6. The molecule has 5 rings (SSSR count). The standard InChI is InChI=1S/C27H18FN3O3S/c28-20-10-8-17(9-11-20)16-31-26(33)25(35-27(31)34)15-19-14-21(12-13-24(19)32)29-30-23-7-3-5-18-4-1-2-6-22(18)23/h1-15,32H,16H2/b25-15-,30-29?. The van der Waals surface area contributed by atoms with Crippen molar-refractivity contribution in [1.82, 2.24) is 4.90 Å². The number of azo groups is 1. The van der Waals surface area contributed by atoms with Crippen molar-refractivity contribution in [1.29, 1.82) is 0 Å². The van der Waals surface area contributed by atoms with Crippen molar-refractivity contribution in [2.75, 3.05) is 0 Å². The number of imide groups is 1. The normalized spacial score (nSPS) is 15.1. The lowest BCUT2D eigenvalue weighted by Gasteiger charge is -2.12. The zero-order valence-corrected chi connectivity index (χ0v) is 19.1. The lowest BCUT2D eigenvalue weighted by molar-refractivity contribution is -0.123. The van der Waals surface area contributed by atoms with E-state index in [2.05, 4.69) is 10.2 Å². The third kappa shape index (κ3) is 4.83. The molecule has 1 aliphatic rings. The molecule has 4 aromatic rings. The Balaban J connectivity index is 1.39. The van der Waals surface area contributed by atoms with Crippen molar-refractivity contribution in [3.8, 4) is 5.75 Å². The molecule has 4 aromatic carbocycles. The summed E-state index contributed by atoms with van der Waals surface area (Å²) in [5, 5.41) is 20.6. The molecule has 35 heavy (non-hydrogen) atoms.